The van der Waals surface area contributed by atoms with Crippen LogP contribution in [0, 0.1) is 0 Å². The lowest BCUT2D eigenvalue weighted by Gasteiger charge is -2.43. The molecule has 3 aliphatic rings. The number of nitrogens with zero attached hydrogens (tertiary/aromatic N) is 5. The summed E-state index contributed by atoms with van der Waals surface area (Å²) in [4.78, 5) is 9.59. The van der Waals surface area contributed by atoms with Crippen molar-refractivity contribution in [1.82, 2.24) is 20.5 Å². The number of benzene rings is 2. The van der Waals surface area contributed by atoms with E-state index in [4.69, 9.17) is 15.2 Å². The van der Waals surface area contributed by atoms with Crippen LogP contribution in [0.25, 0.3) is 11.3 Å². The molecule has 2 aromatic carbocycles. The molecule has 2 bridgehead atoms. The smallest absolute Gasteiger partial charge is 0.213 e. The van der Waals surface area contributed by atoms with Crippen molar-refractivity contribution in [1.29, 1.82) is 0 Å². The Bertz CT molecular complexity index is 1480. The first-order valence-corrected chi connectivity index (χ1v) is 15.0. The maximum Gasteiger partial charge on any atom is 0.213 e. The third kappa shape index (κ3) is 5.56. The van der Waals surface area contributed by atoms with Gasteiger partial charge in [-0.25, -0.2) is 4.98 Å². The fraction of sp³-hybridized carbons (Fsp3) is 0.364. The van der Waals surface area contributed by atoms with E-state index in [0.29, 0.717) is 30.4 Å². The lowest BCUT2D eigenvalue weighted by Crippen LogP contribution is -2.54. The summed E-state index contributed by atoms with van der Waals surface area (Å²) in [5, 5.41) is 12.2. The van der Waals surface area contributed by atoms with Gasteiger partial charge in [-0.2, -0.15) is 0 Å². The largest absolute Gasteiger partial charge is 0.488 e. The third-order valence-electron chi connectivity index (χ3n) is 8.62. The van der Waals surface area contributed by atoms with Gasteiger partial charge in [0.2, 0.25) is 5.88 Å². The maximum absolute atomic E-state index is 6.43. The van der Waals surface area contributed by atoms with Crippen LogP contribution in [0.1, 0.15) is 31.2 Å². The second-order valence-electron chi connectivity index (χ2n) is 11.4. The van der Waals surface area contributed by atoms with Crippen LogP contribution in [-0.4, -0.2) is 59.5 Å². The van der Waals surface area contributed by atoms with Crippen LogP contribution in [0.4, 0.5) is 17.2 Å². The average molecular weight is 564 g/mol. The van der Waals surface area contributed by atoms with Gasteiger partial charge >= 0.3 is 0 Å². The van der Waals surface area contributed by atoms with E-state index >= 15 is 0 Å². The van der Waals surface area contributed by atoms with Crippen LogP contribution in [0.15, 0.2) is 79.0 Å². The summed E-state index contributed by atoms with van der Waals surface area (Å²) in [5.41, 5.74) is 11.3. The summed E-state index contributed by atoms with van der Waals surface area (Å²) in [6.07, 6.45) is 6.54. The number of hydrogen-bond donors (Lipinski definition) is 2. The summed E-state index contributed by atoms with van der Waals surface area (Å²) in [5.74, 6) is 1.94. The molecule has 2 unspecified atom stereocenters. The Hall–Kier alpha value is -4.37. The van der Waals surface area contributed by atoms with Crippen molar-refractivity contribution < 1.29 is 9.47 Å². The van der Waals surface area contributed by atoms with Crippen molar-refractivity contribution in [3.63, 3.8) is 0 Å². The van der Waals surface area contributed by atoms with Gasteiger partial charge in [0.1, 0.15) is 18.5 Å². The number of hydrogen-bond acceptors (Lipinski definition) is 9. The predicted octanol–water partition coefficient (Wildman–Crippen LogP) is 4.69. The summed E-state index contributed by atoms with van der Waals surface area (Å²) < 4.78 is 12.3. The van der Waals surface area contributed by atoms with E-state index in [-0.39, 0.29) is 6.10 Å². The molecule has 3 saturated heterocycles. The molecule has 0 aliphatic carbocycles. The molecule has 3 N–H and O–H groups in total. The maximum atomic E-state index is 6.43. The van der Waals surface area contributed by atoms with Crippen molar-refractivity contribution in [3.8, 4) is 22.9 Å². The first-order chi connectivity index (χ1) is 20.7. The molecule has 0 radical (unpaired) electrons. The zero-order chi connectivity index (χ0) is 28.3. The number of para-hydroxylation sites is 1. The Kier molecular flexibility index (Phi) is 7.49. The van der Waals surface area contributed by atoms with Gasteiger partial charge in [0.05, 0.1) is 23.3 Å². The standard InChI is InChI=1S/C33H37N7O2/c34-33-30(18-29(37-38-33)28-8-4-5-9-31(28)41-22-23-6-2-1-3-7-23)39-20-25-10-11-26(21-39)40(25)24-12-13-32(36-19-24)42-27-14-16-35-17-15-27/h1-9,12-13,18-19,25-27,35H,10-11,14-17,20-22H2,(H2,34,38). The van der Waals surface area contributed by atoms with E-state index in [1.54, 1.807) is 0 Å². The Morgan fingerprint density at radius 3 is 2.38 bits per heavy atom. The highest BCUT2D eigenvalue weighted by Crippen LogP contribution is 2.39. The Morgan fingerprint density at radius 2 is 1.62 bits per heavy atom. The van der Waals surface area contributed by atoms with Crippen LogP contribution in [0.3, 0.4) is 0 Å². The van der Waals surface area contributed by atoms with Crippen LogP contribution in [0.2, 0.25) is 0 Å². The summed E-state index contributed by atoms with van der Waals surface area (Å²) >= 11 is 0. The summed E-state index contributed by atoms with van der Waals surface area (Å²) in [6.45, 7) is 4.23. The molecule has 0 spiro atoms. The number of anilines is 3. The van der Waals surface area contributed by atoms with Crippen LogP contribution >= 0.6 is 0 Å². The van der Waals surface area contributed by atoms with Crippen LogP contribution in [-0.2, 0) is 6.61 Å². The average Bonchev–Trinajstić information content (AvgIpc) is 3.30. The number of pyridine rings is 1. The van der Waals surface area contributed by atoms with Crippen molar-refractivity contribution >= 4 is 17.2 Å². The number of ether oxygens (including phenoxy) is 2. The Morgan fingerprint density at radius 1 is 0.857 bits per heavy atom. The molecule has 2 atom stereocenters. The Balaban J connectivity index is 1.06. The highest BCUT2D eigenvalue weighted by Gasteiger charge is 2.41. The number of nitrogens with one attached hydrogen (secondary N) is 1. The predicted molar refractivity (Wildman–Crippen MR) is 165 cm³/mol. The molecule has 5 heterocycles. The van der Waals surface area contributed by atoms with Gasteiger partial charge in [0.15, 0.2) is 5.82 Å². The lowest BCUT2D eigenvalue weighted by molar-refractivity contribution is 0.156. The number of nitrogen functional groups attached to an aromatic ring is 1. The van der Waals surface area contributed by atoms with Gasteiger partial charge in [0.25, 0.3) is 0 Å². The minimum atomic E-state index is 0.246. The second kappa shape index (κ2) is 11.9. The van der Waals surface area contributed by atoms with Crippen molar-refractivity contribution in [2.45, 2.75) is 50.5 Å². The molecular formula is C33H37N7O2. The van der Waals surface area contributed by atoms with Crippen molar-refractivity contribution in [2.75, 3.05) is 41.7 Å². The highest BCUT2D eigenvalue weighted by molar-refractivity contribution is 5.74. The molecule has 42 heavy (non-hydrogen) atoms. The van der Waals surface area contributed by atoms with E-state index in [0.717, 1.165) is 85.8 Å². The second-order valence-corrected chi connectivity index (χ2v) is 11.4. The number of piperazine rings is 1. The number of fused-ring (bicyclic) bond motifs is 2. The van der Waals surface area contributed by atoms with Gasteiger partial charge in [-0.15, -0.1) is 10.2 Å². The first-order valence-electron chi connectivity index (χ1n) is 15.0. The molecule has 0 saturated carbocycles. The molecule has 3 aliphatic heterocycles. The summed E-state index contributed by atoms with van der Waals surface area (Å²) in [7, 11) is 0. The van der Waals surface area contributed by atoms with Crippen molar-refractivity contribution in [2.24, 2.45) is 0 Å². The molecule has 9 heteroatoms. The lowest BCUT2D eigenvalue weighted by atomic mass is 10.1. The molecular weight excluding hydrogens is 526 g/mol. The number of rotatable bonds is 8. The normalized spacial score (nSPS) is 20.5. The Labute approximate surface area is 246 Å². The monoisotopic (exact) mass is 563 g/mol. The molecule has 7 rings (SSSR count). The molecule has 0 amide bonds. The number of nitrogens with two attached hydrogens (primary N) is 1. The summed E-state index contributed by atoms with van der Waals surface area (Å²) in [6, 6.07) is 25.2. The first kappa shape index (κ1) is 26.5. The molecule has 216 valence electrons. The van der Waals surface area contributed by atoms with E-state index < -0.39 is 0 Å². The number of aromatic nitrogens is 3. The van der Waals surface area contributed by atoms with Gasteiger partial charge in [-0.05, 0) is 68.6 Å². The zero-order valence-electron chi connectivity index (χ0n) is 23.7. The molecule has 4 aromatic rings. The van der Waals surface area contributed by atoms with Gasteiger partial charge in [-0.3, -0.25) is 0 Å². The molecule has 2 aromatic heterocycles. The molecule has 3 fully saturated rings. The number of piperidine rings is 1. The van der Waals surface area contributed by atoms with Crippen LogP contribution < -0.4 is 30.3 Å². The fourth-order valence-electron chi connectivity index (χ4n) is 6.52. The fourth-order valence-corrected chi connectivity index (χ4v) is 6.52. The van der Waals surface area contributed by atoms with Gasteiger partial charge in [0, 0.05) is 36.8 Å². The van der Waals surface area contributed by atoms with E-state index in [1.807, 2.05) is 54.7 Å². The van der Waals surface area contributed by atoms with E-state index in [9.17, 15) is 0 Å². The molecule has 9 nitrogen and oxygen atoms in total. The van der Waals surface area contributed by atoms with Gasteiger partial charge < -0.3 is 30.3 Å². The van der Waals surface area contributed by atoms with Crippen molar-refractivity contribution in [3.05, 3.63) is 84.6 Å². The minimum Gasteiger partial charge on any atom is -0.488 e. The minimum absolute atomic E-state index is 0.246. The van der Waals surface area contributed by atoms with E-state index in [1.165, 1.54) is 0 Å². The highest BCUT2D eigenvalue weighted by atomic mass is 16.5. The van der Waals surface area contributed by atoms with Gasteiger partial charge in [-0.1, -0.05) is 42.5 Å². The quantitative estimate of drug-likeness (QED) is 0.316. The zero-order valence-corrected chi connectivity index (χ0v) is 23.7. The third-order valence-corrected chi connectivity index (χ3v) is 8.62. The SMILES string of the molecule is Nc1nnc(-c2ccccc2OCc2ccccc2)cc1N1CC2CCC(C1)N2c1ccc(OC2CCNCC2)nc1. The topological polar surface area (TPSA) is 102 Å². The van der Waals surface area contributed by atoms with E-state index in [2.05, 4.69) is 54.6 Å². The van der Waals surface area contributed by atoms with Crippen LogP contribution in [0.5, 0.6) is 11.6 Å².